The summed E-state index contributed by atoms with van der Waals surface area (Å²) in [4.78, 5) is 47.9. The summed E-state index contributed by atoms with van der Waals surface area (Å²) in [5.74, 6) is -0.873. The van der Waals surface area contributed by atoms with Crippen molar-refractivity contribution in [3.63, 3.8) is 0 Å². The van der Waals surface area contributed by atoms with Crippen molar-refractivity contribution in [2.24, 2.45) is 16.9 Å². The van der Waals surface area contributed by atoms with Gasteiger partial charge in [0, 0.05) is 102 Å². The van der Waals surface area contributed by atoms with Crippen LogP contribution in [0.15, 0.2) is 12.2 Å². The largest absolute Gasteiger partial charge is 0.356 e. The maximum absolute atomic E-state index is 12.0. The first-order chi connectivity index (χ1) is 18.8. The maximum atomic E-state index is 12.0. The van der Waals surface area contributed by atoms with Crippen LogP contribution in [0.3, 0.4) is 0 Å². The Labute approximate surface area is 233 Å². The third kappa shape index (κ3) is 17.0. The van der Waals surface area contributed by atoms with Crippen LogP contribution in [0.2, 0.25) is 0 Å². The van der Waals surface area contributed by atoms with Gasteiger partial charge in [-0.3, -0.25) is 24.1 Å². The quantitative estimate of drug-likeness (QED) is 0.0438. The molecule has 1 rings (SSSR count). The van der Waals surface area contributed by atoms with E-state index in [4.69, 9.17) is 11.5 Å². The SMILES string of the molecule is C[C@](CN)(CNCCNCCCN)CNCCNCCNC(=O)CCCC(=O)NCCCN1C(=O)C=CC1=O. The van der Waals surface area contributed by atoms with Crippen molar-refractivity contribution in [3.8, 4) is 0 Å². The van der Waals surface area contributed by atoms with Gasteiger partial charge in [0.15, 0.2) is 0 Å². The molecule has 0 aromatic rings. The Morgan fingerprint density at radius 3 is 1.79 bits per heavy atom. The number of hydrogen-bond acceptors (Lipinski definition) is 10. The molecule has 1 atom stereocenters. The predicted molar refractivity (Wildman–Crippen MR) is 153 cm³/mol. The van der Waals surface area contributed by atoms with Crippen molar-refractivity contribution >= 4 is 23.6 Å². The first-order valence-corrected chi connectivity index (χ1v) is 14.1. The number of nitrogens with two attached hydrogens (primary N) is 2. The maximum Gasteiger partial charge on any atom is 0.253 e. The first-order valence-electron chi connectivity index (χ1n) is 14.1. The number of amides is 4. The fraction of sp³-hybridized carbons (Fsp3) is 0.769. The van der Waals surface area contributed by atoms with Crippen LogP contribution in [0.1, 0.15) is 39.0 Å². The van der Waals surface area contributed by atoms with E-state index in [1.54, 1.807) is 0 Å². The molecule has 0 saturated heterocycles. The molecule has 0 aliphatic carbocycles. The van der Waals surface area contributed by atoms with Crippen molar-refractivity contribution in [2.75, 3.05) is 85.1 Å². The fourth-order valence-corrected chi connectivity index (χ4v) is 3.81. The second-order valence-corrected chi connectivity index (χ2v) is 10.1. The molecule has 0 aromatic carbocycles. The molecule has 0 radical (unpaired) electrons. The lowest BCUT2D eigenvalue weighted by Crippen LogP contribution is -2.47. The van der Waals surface area contributed by atoms with Gasteiger partial charge in [0.1, 0.15) is 0 Å². The minimum Gasteiger partial charge on any atom is -0.356 e. The van der Waals surface area contributed by atoms with Gasteiger partial charge in [-0.15, -0.1) is 0 Å². The number of rotatable bonds is 25. The summed E-state index contributed by atoms with van der Waals surface area (Å²) in [7, 11) is 0. The zero-order chi connectivity index (χ0) is 28.8. The summed E-state index contributed by atoms with van der Waals surface area (Å²) in [5, 5.41) is 19.2. The molecule has 0 unspecified atom stereocenters. The fourth-order valence-electron chi connectivity index (χ4n) is 3.81. The second-order valence-electron chi connectivity index (χ2n) is 10.1. The second kappa shape index (κ2) is 21.4. The molecule has 0 aromatic heterocycles. The zero-order valence-corrected chi connectivity index (χ0v) is 23.6. The Kier molecular flexibility index (Phi) is 19.0. The van der Waals surface area contributed by atoms with E-state index in [1.807, 2.05) is 0 Å². The smallest absolute Gasteiger partial charge is 0.253 e. The number of nitrogens with one attached hydrogen (secondary N) is 6. The van der Waals surface area contributed by atoms with Gasteiger partial charge < -0.3 is 43.4 Å². The van der Waals surface area contributed by atoms with Crippen molar-refractivity contribution < 1.29 is 19.2 Å². The van der Waals surface area contributed by atoms with E-state index in [0.717, 1.165) is 57.1 Å². The minimum absolute atomic E-state index is 0.0195. The van der Waals surface area contributed by atoms with Crippen LogP contribution in [0.5, 0.6) is 0 Å². The normalized spacial score (nSPS) is 14.6. The van der Waals surface area contributed by atoms with Gasteiger partial charge in [0.05, 0.1) is 0 Å². The number of hydrogen-bond donors (Lipinski definition) is 8. The highest BCUT2D eigenvalue weighted by Crippen LogP contribution is 2.10. The highest BCUT2D eigenvalue weighted by molar-refractivity contribution is 6.12. The lowest BCUT2D eigenvalue weighted by atomic mass is 9.90. The molecular weight excluding hydrogens is 502 g/mol. The summed E-state index contributed by atoms with van der Waals surface area (Å²) < 4.78 is 0. The Hall–Kier alpha value is -2.42. The van der Waals surface area contributed by atoms with Crippen molar-refractivity contribution in [2.45, 2.75) is 39.0 Å². The lowest BCUT2D eigenvalue weighted by Gasteiger charge is -2.29. The van der Waals surface area contributed by atoms with Crippen molar-refractivity contribution in [1.82, 2.24) is 36.8 Å². The first kappa shape index (κ1) is 34.6. The third-order valence-corrected chi connectivity index (χ3v) is 6.32. The average molecular weight is 554 g/mol. The van der Waals surface area contributed by atoms with Crippen molar-refractivity contribution in [1.29, 1.82) is 0 Å². The Bertz CT molecular complexity index is 748. The molecule has 13 heteroatoms. The van der Waals surface area contributed by atoms with E-state index in [-0.39, 0.29) is 48.4 Å². The molecule has 1 heterocycles. The van der Waals surface area contributed by atoms with E-state index >= 15 is 0 Å². The summed E-state index contributed by atoms with van der Waals surface area (Å²) in [5.41, 5.74) is 11.5. The Morgan fingerprint density at radius 2 is 1.23 bits per heavy atom. The number of imide groups is 1. The Balaban J connectivity index is 1.94. The van der Waals surface area contributed by atoms with E-state index < -0.39 is 0 Å². The topological polar surface area (TPSA) is 196 Å². The lowest BCUT2D eigenvalue weighted by molar-refractivity contribution is -0.136. The number of nitrogens with zero attached hydrogens (tertiary/aromatic N) is 1. The van der Waals surface area contributed by atoms with E-state index in [9.17, 15) is 19.2 Å². The number of carbonyl (C=O) groups is 4. The van der Waals surface area contributed by atoms with Gasteiger partial charge in [-0.25, -0.2) is 0 Å². The van der Waals surface area contributed by atoms with Gasteiger partial charge in [-0.05, 0) is 32.4 Å². The number of carbonyl (C=O) groups excluding carboxylic acids is 4. The van der Waals surface area contributed by atoms with Crippen LogP contribution in [0.25, 0.3) is 0 Å². The molecule has 0 saturated carbocycles. The van der Waals surface area contributed by atoms with Gasteiger partial charge >= 0.3 is 0 Å². The molecule has 0 bridgehead atoms. The van der Waals surface area contributed by atoms with Crippen molar-refractivity contribution in [3.05, 3.63) is 12.2 Å². The van der Waals surface area contributed by atoms with Crippen LogP contribution >= 0.6 is 0 Å². The third-order valence-electron chi connectivity index (χ3n) is 6.32. The molecule has 1 aliphatic rings. The molecule has 0 spiro atoms. The van der Waals surface area contributed by atoms with Crippen LogP contribution in [0.4, 0.5) is 0 Å². The standard InChI is InChI=1S/C26H51N9O4/c1-26(19-28,20-31-14-12-29-10-3-9-27)21-32-15-13-30-16-17-34-23(37)6-2-5-22(36)33-11-4-18-35-24(38)7-8-25(35)39/h7-8,29-32H,2-6,9-21,27-28H2,1H3,(H,33,36)(H,34,37)/t26-/m0/s1. The molecule has 10 N–H and O–H groups in total. The summed E-state index contributed by atoms with van der Waals surface area (Å²) in [6, 6.07) is 0. The van der Waals surface area contributed by atoms with Crippen LogP contribution < -0.4 is 43.4 Å². The highest BCUT2D eigenvalue weighted by atomic mass is 16.2. The molecule has 0 fully saturated rings. The average Bonchev–Trinajstić information content (AvgIpc) is 3.24. The summed E-state index contributed by atoms with van der Waals surface area (Å²) in [6.07, 6.45) is 4.96. The van der Waals surface area contributed by atoms with Crippen LogP contribution in [-0.2, 0) is 19.2 Å². The molecular formula is C26H51N9O4. The van der Waals surface area contributed by atoms with Crippen LogP contribution in [0, 0.1) is 5.41 Å². The monoisotopic (exact) mass is 553 g/mol. The van der Waals surface area contributed by atoms with Crippen LogP contribution in [-0.4, -0.2) is 114 Å². The molecule has 4 amide bonds. The molecule has 224 valence electrons. The Morgan fingerprint density at radius 1 is 0.718 bits per heavy atom. The van der Waals surface area contributed by atoms with Gasteiger partial charge in [-0.2, -0.15) is 0 Å². The summed E-state index contributed by atoms with van der Waals surface area (Å²) in [6.45, 7) is 11.3. The van der Waals surface area contributed by atoms with Gasteiger partial charge in [0.2, 0.25) is 11.8 Å². The highest BCUT2D eigenvalue weighted by Gasteiger charge is 2.22. The summed E-state index contributed by atoms with van der Waals surface area (Å²) >= 11 is 0. The van der Waals surface area contributed by atoms with Gasteiger partial charge in [0.25, 0.3) is 11.8 Å². The molecule has 1 aliphatic heterocycles. The van der Waals surface area contributed by atoms with E-state index in [2.05, 4.69) is 38.8 Å². The van der Waals surface area contributed by atoms with Gasteiger partial charge in [-0.1, -0.05) is 6.92 Å². The predicted octanol–water partition coefficient (Wildman–Crippen LogP) is -2.62. The molecule has 13 nitrogen and oxygen atoms in total. The van der Waals surface area contributed by atoms with E-state index in [1.165, 1.54) is 12.2 Å². The van der Waals surface area contributed by atoms with E-state index in [0.29, 0.717) is 45.6 Å². The zero-order valence-electron chi connectivity index (χ0n) is 23.6. The minimum atomic E-state index is -0.322. The molecule has 39 heavy (non-hydrogen) atoms.